The molecule has 0 aromatic rings. The fourth-order valence-electron chi connectivity index (χ4n) is 0.263. The van der Waals surface area contributed by atoms with Crippen LogP contribution >= 0.6 is 0 Å². The van der Waals surface area contributed by atoms with Gasteiger partial charge in [-0.15, -0.1) is 0 Å². The first kappa shape index (κ1) is 10.8. The predicted octanol–water partition coefficient (Wildman–Crippen LogP) is -2.75. The predicted molar refractivity (Wildman–Crippen MR) is 25.4 cm³/mol. The van der Waals surface area contributed by atoms with Crippen LogP contribution in [-0.4, -0.2) is 6.10 Å². The Kier molecular flexibility index (Phi) is 6.88. The Morgan fingerprint density at radius 3 is 2.00 bits per heavy atom. The molecule has 0 heterocycles. The first-order valence-electron chi connectivity index (χ1n) is 2.15. The van der Waals surface area contributed by atoms with Crippen LogP contribution in [-0.2, 0) is 4.74 Å². The van der Waals surface area contributed by atoms with E-state index in [1.54, 1.807) is 13.8 Å². The summed E-state index contributed by atoms with van der Waals surface area (Å²) in [5.74, 6) is -0.463. The summed E-state index contributed by atoms with van der Waals surface area (Å²) in [7, 11) is 0. The summed E-state index contributed by atoms with van der Waals surface area (Å²) in [5.41, 5.74) is 0. The van der Waals surface area contributed by atoms with E-state index in [1.807, 2.05) is 0 Å². The topological polar surface area (TPSA) is 32.3 Å². The van der Waals surface area contributed by atoms with E-state index in [0.717, 1.165) is 0 Å². The smallest absolute Gasteiger partial charge is 0.611 e. The van der Waals surface area contributed by atoms with Crippen molar-refractivity contribution in [2.75, 3.05) is 0 Å². The van der Waals surface area contributed by atoms with Gasteiger partial charge in [0.1, 0.15) is 0 Å². The Balaban J connectivity index is 0. The van der Waals surface area contributed by atoms with Crippen LogP contribution in [0.5, 0.6) is 0 Å². The van der Waals surface area contributed by atoms with Gasteiger partial charge in [-0.05, 0) is 6.10 Å². The molecule has 0 radical (unpaired) electrons. The Bertz CT molecular complexity index is 70.8. The third-order valence-electron chi connectivity index (χ3n) is 0.367. The third kappa shape index (κ3) is 9.34. The fraction of sp³-hybridized carbons (Fsp3) is 0.600. The zero-order valence-corrected chi connectivity index (χ0v) is 5.60. The maximum absolute atomic E-state index is 9.92. The van der Waals surface area contributed by atoms with E-state index in [9.17, 15) is 5.11 Å². The summed E-state index contributed by atoms with van der Waals surface area (Å²) in [6.07, 6.45) is -0.0370. The summed E-state index contributed by atoms with van der Waals surface area (Å²) in [6, 6.07) is 0. The van der Waals surface area contributed by atoms with E-state index in [2.05, 4.69) is 11.3 Å². The average molecular weight is 108 g/mol. The minimum absolute atomic E-state index is 0. The molecule has 42 valence electrons. The molecule has 0 rings (SSSR count). The number of hydrogen-bond acceptors (Lipinski definition) is 2. The van der Waals surface area contributed by atoms with Crippen molar-refractivity contribution in [1.82, 2.24) is 0 Å². The van der Waals surface area contributed by atoms with Crippen LogP contribution in [0.25, 0.3) is 0 Å². The SMILES string of the molecule is C=C([O-])OC(C)C.[Li+]. The van der Waals surface area contributed by atoms with Gasteiger partial charge in [-0.2, -0.15) is 0 Å². The van der Waals surface area contributed by atoms with Crippen LogP contribution in [0.15, 0.2) is 12.5 Å². The zero-order chi connectivity index (χ0) is 5.86. The van der Waals surface area contributed by atoms with Crippen LogP contribution in [0.2, 0.25) is 0 Å². The van der Waals surface area contributed by atoms with Crippen molar-refractivity contribution in [2.45, 2.75) is 20.0 Å². The van der Waals surface area contributed by atoms with Crippen molar-refractivity contribution >= 4 is 0 Å². The summed E-state index contributed by atoms with van der Waals surface area (Å²) in [6.45, 7) is 6.58. The largest absolute Gasteiger partial charge is 1.00 e. The number of rotatable bonds is 2. The fourth-order valence-corrected chi connectivity index (χ4v) is 0.263. The number of hydrogen-bond donors (Lipinski definition) is 0. The van der Waals surface area contributed by atoms with Crippen LogP contribution in [0.3, 0.4) is 0 Å². The van der Waals surface area contributed by atoms with Gasteiger partial charge in [-0.3, -0.25) is 0 Å². The zero-order valence-electron chi connectivity index (χ0n) is 5.60. The minimum Gasteiger partial charge on any atom is -0.611 e. The molecule has 0 aliphatic rings. The van der Waals surface area contributed by atoms with Crippen molar-refractivity contribution < 1.29 is 28.7 Å². The van der Waals surface area contributed by atoms with Crippen molar-refractivity contribution in [1.29, 1.82) is 0 Å². The molecule has 0 amide bonds. The molecule has 0 fully saturated rings. The molecule has 0 atom stereocenters. The quantitative estimate of drug-likeness (QED) is 0.283. The summed E-state index contributed by atoms with van der Waals surface area (Å²) in [5, 5.41) is 9.92. The molecule has 3 heteroatoms. The van der Waals surface area contributed by atoms with Gasteiger partial charge in [-0.25, -0.2) is 0 Å². The Labute approximate surface area is 61.7 Å². The Hall–Kier alpha value is -0.0626. The average Bonchev–Trinajstić information content (AvgIpc) is 1.27. The normalized spacial score (nSPS) is 7.88. The van der Waals surface area contributed by atoms with E-state index >= 15 is 0 Å². The molecule has 0 aliphatic carbocycles. The monoisotopic (exact) mass is 108 g/mol. The molecule has 0 bridgehead atoms. The van der Waals surface area contributed by atoms with Crippen LogP contribution < -0.4 is 24.0 Å². The molecular weight excluding hydrogens is 99.0 g/mol. The molecule has 0 aromatic carbocycles. The molecule has 2 nitrogen and oxygen atoms in total. The second kappa shape index (κ2) is 5.08. The Morgan fingerprint density at radius 2 is 2.00 bits per heavy atom. The van der Waals surface area contributed by atoms with Gasteiger partial charge in [0.15, 0.2) is 0 Å². The molecule has 0 saturated carbocycles. The van der Waals surface area contributed by atoms with Crippen LogP contribution in [0, 0.1) is 0 Å². The standard InChI is InChI=1S/C5H10O2.Li/c1-4(2)7-5(3)6;/h4,6H,3H2,1-2H3;/q;+1/p-1. The van der Waals surface area contributed by atoms with Crippen molar-refractivity contribution in [3.63, 3.8) is 0 Å². The second-order valence-electron chi connectivity index (χ2n) is 1.54. The van der Waals surface area contributed by atoms with Crippen LogP contribution in [0.4, 0.5) is 0 Å². The van der Waals surface area contributed by atoms with Gasteiger partial charge in [0.2, 0.25) is 0 Å². The van der Waals surface area contributed by atoms with Gasteiger partial charge in [-0.1, -0.05) is 20.4 Å². The van der Waals surface area contributed by atoms with Crippen molar-refractivity contribution in [3.05, 3.63) is 12.5 Å². The van der Waals surface area contributed by atoms with Gasteiger partial charge in [0.05, 0.1) is 0 Å². The van der Waals surface area contributed by atoms with Crippen LogP contribution in [0.1, 0.15) is 13.8 Å². The summed E-state index contributed by atoms with van der Waals surface area (Å²) >= 11 is 0. The van der Waals surface area contributed by atoms with Gasteiger partial charge in [0.25, 0.3) is 0 Å². The van der Waals surface area contributed by atoms with E-state index in [-0.39, 0.29) is 25.0 Å². The minimum atomic E-state index is -0.463. The maximum atomic E-state index is 9.92. The van der Waals surface area contributed by atoms with E-state index in [4.69, 9.17) is 0 Å². The van der Waals surface area contributed by atoms with Crippen molar-refractivity contribution in [3.8, 4) is 0 Å². The summed E-state index contributed by atoms with van der Waals surface area (Å²) in [4.78, 5) is 0. The summed E-state index contributed by atoms with van der Waals surface area (Å²) < 4.78 is 4.50. The third-order valence-corrected chi connectivity index (χ3v) is 0.367. The molecule has 0 aliphatic heterocycles. The molecule has 0 saturated heterocycles. The molecule has 0 N–H and O–H groups in total. The van der Waals surface area contributed by atoms with Gasteiger partial charge < -0.3 is 9.84 Å². The first-order chi connectivity index (χ1) is 3.13. The maximum Gasteiger partial charge on any atom is 1.00 e. The van der Waals surface area contributed by atoms with Gasteiger partial charge >= 0.3 is 18.9 Å². The van der Waals surface area contributed by atoms with E-state index in [1.165, 1.54) is 0 Å². The molecular formula is C5H9LiO2. The Morgan fingerprint density at radius 1 is 1.62 bits per heavy atom. The van der Waals surface area contributed by atoms with Gasteiger partial charge in [0, 0.05) is 5.95 Å². The molecule has 0 aromatic heterocycles. The van der Waals surface area contributed by atoms with E-state index in [0.29, 0.717) is 0 Å². The molecule has 0 unspecified atom stereocenters. The van der Waals surface area contributed by atoms with Crippen molar-refractivity contribution in [2.24, 2.45) is 0 Å². The first-order valence-corrected chi connectivity index (χ1v) is 2.15. The molecule has 0 spiro atoms. The molecule has 8 heavy (non-hydrogen) atoms. The second-order valence-corrected chi connectivity index (χ2v) is 1.54. The number of ether oxygens (including phenoxy) is 1. The van der Waals surface area contributed by atoms with E-state index < -0.39 is 5.95 Å².